The molecule has 0 radical (unpaired) electrons. The predicted octanol–water partition coefficient (Wildman–Crippen LogP) is 4.21. The summed E-state index contributed by atoms with van der Waals surface area (Å²) in [6.07, 6.45) is 1.60. The molecule has 0 unspecified atom stereocenters. The van der Waals surface area contributed by atoms with Crippen molar-refractivity contribution < 1.29 is 9.13 Å². The molecule has 0 bridgehead atoms. The van der Waals surface area contributed by atoms with Crippen molar-refractivity contribution in [2.75, 3.05) is 0 Å². The number of para-hydroxylation sites is 1. The summed E-state index contributed by atoms with van der Waals surface area (Å²) < 4.78 is 19.7. The van der Waals surface area contributed by atoms with E-state index < -0.39 is 0 Å². The van der Waals surface area contributed by atoms with E-state index >= 15 is 0 Å². The summed E-state index contributed by atoms with van der Waals surface area (Å²) in [5, 5.41) is 3.34. The van der Waals surface area contributed by atoms with E-state index in [4.69, 9.17) is 4.74 Å². The number of hydrogen-bond acceptors (Lipinski definition) is 3. The number of ether oxygens (including phenoxy) is 1. The van der Waals surface area contributed by atoms with Gasteiger partial charge in [-0.15, -0.1) is 0 Å². The van der Waals surface area contributed by atoms with Gasteiger partial charge in [0.05, 0.1) is 6.20 Å². The molecule has 112 valence electrons. The van der Waals surface area contributed by atoms with Crippen molar-refractivity contribution in [1.82, 2.24) is 10.3 Å². The topological polar surface area (TPSA) is 34.1 Å². The van der Waals surface area contributed by atoms with Gasteiger partial charge in [-0.05, 0) is 45.9 Å². The number of nitrogens with one attached hydrogen (secondary N) is 1. The zero-order valence-corrected chi connectivity index (χ0v) is 12.9. The van der Waals surface area contributed by atoms with Crippen molar-refractivity contribution >= 4 is 0 Å². The van der Waals surface area contributed by atoms with Crippen LogP contribution >= 0.6 is 0 Å². The Morgan fingerprint density at radius 3 is 2.57 bits per heavy atom. The summed E-state index contributed by atoms with van der Waals surface area (Å²) in [4.78, 5) is 4.16. The van der Waals surface area contributed by atoms with Crippen LogP contribution < -0.4 is 10.1 Å². The number of benzene rings is 1. The van der Waals surface area contributed by atoms with Crippen LogP contribution in [0.3, 0.4) is 0 Å². The first-order chi connectivity index (χ1) is 9.85. The van der Waals surface area contributed by atoms with Crippen molar-refractivity contribution in [3.05, 3.63) is 53.6 Å². The van der Waals surface area contributed by atoms with Gasteiger partial charge in [0.15, 0.2) is 11.6 Å². The molecule has 0 aliphatic heterocycles. The van der Waals surface area contributed by atoms with Crippen LogP contribution in [0.1, 0.15) is 32.0 Å². The average molecular weight is 288 g/mol. The fourth-order valence-electron chi connectivity index (χ4n) is 1.80. The summed E-state index contributed by atoms with van der Waals surface area (Å²) in [5.74, 6) is 0.409. The van der Waals surface area contributed by atoms with Gasteiger partial charge < -0.3 is 10.1 Å². The highest BCUT2D eigenvalue weighted by Crippen LogP contribution is 2.28. The van der Waals surface area contributed by atoms with Crippen LogP contribution in [0.15, 0.2) is 36.5 Å². The van der Waals surface area contributed by atoms with Crippen LogP contribution in [0.2, 0.25) is 0 Å². The van der Waals surface area contributed by atoms with Gasteiger partial charge in [0, 0.05) is 23.3 Å². The van der Waals surface area contributed by atoms with Gasteiger partial charge in [-0.25, -0.2) is 4.39 Å². The SMILES string of the molecule is Cc1ccc(Oc2c(F)cccc2CNC(C)(C)C)cn1. The molecule has 2 rings (SSSR count). The molecule has 1 N–H and O–H groups in total. The molecule has 1 aromatic carbocycles. The first-order valence-electron chi connectivity index (χ1n) is 6.98. The highest BCUT2D eigenvalue weighted by molar-refractivity contribution is 5.38. The minimum absolute atomic E-state index is 0.0466. The van der Waals surface area contributed by atoms with Gasteiger partial charge in [-0.3, -0.25) is 4.98 Å². The van der Waals surface area contributed by atoms with Gasteiger partial charge in [0.25, 0.3) is 0 Å². The molecule has 0 aliphatic carbocycles. The molecule has 1 heterocycles. The maximum atomic E-state index is 14.1. The Bertz CT molecular complexity index is 603. The summed E-state index contributed by atoms with van der Waals surface area (Å²) >= 11 is 0. The molecule has 3 nitrogen and oxygen atoms in total. The second kappa shape index (κ2) is 6.22. The molecule has 21 heavy (non-hydrogen) atoms. The van der Waals surface area contributed by atoms with Crippen LogP contribution in [0, 0.1) is 12.7 Å². The van der Waals surface area contributed by atoms with E-state index in [0.29, 0.717) is 12.3 Å². The van der Waals surface area contributed by atoms with Crippen molar-refractivity contribution in [2.45, 2.75) is 39.8 Å². The van der Waals surface area contributed by atoms with Gasteiger partial charge in [-0.2, -0.15) is 0 Å². The zero-order chi connectivity index (χ0) is 15.5. The minimum Gasteiger partial charge on any atom is -0.452 e. The van der Waals surface area contributed by atoms with Crippen molar-refractivity contribution in [2.24, 2.45) is 0 Å². The number of pyridine rings is 1. The molecular weight excluding hydrogens is 267 g/mol. The molecule has 4 heteroatoms. The number of nitrogens with zero attached hydrogens (tertiary/aromatic N) is 1. The maximum absolute atomic E-state index is 14.1. The molecule has 1 aromatic heterocycles. The van der Waals surface area contributed by atoms with Crippen LogP contribution in [-0.4, -0.2) is 10.5 Å². The van der Waals surface area contributed by atoms with Crippen LogP contribution in [0.5, 0.6) is 11.5 Å². The van der Waals surface area contributed by atoms with Gasteiger partial charge in [-0.1, -0.05) is 12.1 Å². The molecule has 0 aliphatic rings. The number of aromatic nitrogens is 1. The van der Waals surface area contributed by atoms with E-state index in [1.54, 1.807) is 18.3 Å². The van der Waals surface area contributed by atoms with Crippen molar-refractivity contribution in [3.63, 3.8) is 0 Å². The Balaban J connectivity index is 2.23. The second-order valence-corrected chi connectivity index (χ2v) is 6.07. The number of halogens is 1. The molecule has 0 saturated carbocycles. The lowest BCUT2D eigenvalue weighted by Gasteiger charge is -2.21. The Morgan fingerprint density at radius 2 is 1.95 bits per heavy atom. The lowest BCUT2D eigenvalue weighted by Crippen LogP contribution is -2.35. The quantitative estimate of drug-likeness (QED) is 0.915. The van der Waals surface area contributed by atoms with E-state index in [1.165, 1.54) is 6.07 Å². The molecule has 0 spiro atoms. The Morgan fingerprint density at radius 1 is 1.19 bits per heavy atom. The van der Waals surface area contributed by atoms with E-state index in [0.717, 1.165) is 11.3 Å². The molecule has 0 saturated heterocycles. The van der Waals surface area contributed by atoms with Crippen LogP contribution in [0.25, 0.3) is 0 Å². The van der Waals surface area contributed by atoms with Crippen LogP contribution in [0.4, 0.5) is 4.39 Å². The highest BCUT2D eigenvalue weighted by atomic mass is 19.1. The van der Waals surface area contributed by atoms with E-state index in [1.807, 2.05) is 19.1 Å². The lowest BCUT2D eigenvalue weighted by molar-refractivity contribution is 0.403. The monoisotopic (exact) mass is 288 g/mol. The second-order valence-electron chi connectivity index (χ2n) is 6.07. The Kier molecular flexibility index (Phi) is 4.58. The van der Waals surface area contributed by atoms with Crippen LogP contribution in [-0.2, 0) is 6.54 Å². The van der Waals surface area contributed by atoms with Gasteiger partial charge >= 0.3 is 0 Å². The zero-order valence-electron chi connectivity index (χ0n) is 12.9. The van der Waals surface area contributed by atoms with Gasteiger partial charge in [0.1, 0.15) is 5.75 Å². The van der Waals surface area contributed by atoms with E-state index in [2.05, 4.69) is 31.1 Å². The van der Waals surface area contributed by atoms with E-state index in [-0.39, 0.29) is 17.1 Å². The normalized spacial score (nSPS) is 11.5. The fourth-order valence-corrected chi connectivity index (χ4v) is 1.80. The van der Waals surface area contributed by atoms with E-state index in [9.17, 15) is 4.39 Å². The highest BCUT2D eigenvalue weighted by Gasteiger charge is 2.14. The van der Waals surface area contributed by atoms with Crippen molar-refractivity contribution in [3.8, 4) is 11.5 Å². The third-order valence-corrected chi connectivity index (χ3v) is 2.96. The first kappa shape index (κ1) is 15.4. The third-order valence-electron chi connectivity index (χ3n) is 2.96. The molecular formula is C17H21FN2O. The molecule has 2 aromatic rings. The Hall–Kier alpha value is -1.94. The number of rotatable bonds is 4. The van der Waals surface area contributed by atoms with Crippen molar-refractivity contribution in [1.29, 1.82) is 0 Å². The predicted molar refractivity (Wildman–Crippen MR) is 82.0 cm³/mol. The lowest BCUT2D eigenvalue weighted by atomic mass is 10.1. The number of aryl methyl sites for hydroxylation is 1. The summed E-state index contributed by atoms with van der Waals surface area (Å²) in [7, 11) is 0. The third kappa shape index (κ3) is 4.53. The Labute approximate surface area is 125 Å². The van der Waals surface area contributed by atoms with Gasteiger partial charge in [0.2, 0.25) is 0 Å². The summed E-state index contributed by atoms with van der Waals surface area (Å²) in [5.41, 5.74) is 1.63. The average Bonchev–Trinajstić information content (AvgIpc) is 2.41. The minimum atomic E-state index is -0.371. The fraction of sp³-hybridized carbons (Fsp3) is 0.353. The summed E-state index contributed by atoms with van der Waals surface area (Å²) in [6, 6.07) is 8.57. The largest absolute Gasteiger partial charge is 0.452 e. The maximum Gasteiger partial charge on any atom is 0.167 e. The smallest absolute Gasteiger partial charge is 0.167 e. The first-order valence-corrected chi connectivity index (χ1v) is 6.98. The summed E-state index contributed by atoms with van der Waals surface area (Å²) in [6.45, 7) is 8.63. The molecule has 0 amide bonds. The number of hydrogen-bond donors (Lipinski definition) is 1. The standard InChI is InChI=1S/C17H21FN2O/c1-12-8-9-14(11-19-12)21-16-13(6-5-7-15(16)18)10-20-17(2,3)4/h5-9,11,20H,10H2,1-4H3. The molecule has 0 atom stereocenters. The molecule has 0 fully saturated rings.